The molecule has 0 radical (unpaired) electrons. The predicted molar refractivity (Wildman–Crippen MR) is 211 cm³/mol. The van der Waals surface area contributed by atoms with Gasteiger partial charge in [-0.05, 0) is 117 Å². The summed E-state index contributed by atoms with van der Waals surface area (Å²) in [7, 11) is 0. The lowest BCUT2D eigenvalue weighted by Crippen LogP contribution is -2.10. The lowest BCUT2D eigenvalue weighted by molar-refractivity contribution is 0.591. The van der Waals surface area contributed by atoms with Crippen LogP contribution < -0.4 is 0 Å². The summed E-state index contributed by atoms with van der Waals surface area (Å²) in [6.45, 7) is 6.88. The molecule has 0 aliphatic heterocycles. The van der Waals surface area contributed by atoms with Crippen LogP contribution in [0.15, 0.2) is 144 Å². The minimum absolute atomic E-state index is 0.0905. The Balaban J connectivity index is 1.10. The fraction of sp³-hybridized carbons (Fsp3) is 0.0833. The summed E-state index contributed by atoms with van der Waals surface area (Å²) in [5, 5.41) is 18.0. The summed E-state index contributed by atoms with van der Waals surface area (Å²) in [4.78, 5) is 0. The Hall–Kier alpha value is -5.92. The van der Waals surface area contributed by atoms with E-state index < -0.39 is 0 Å². The summed E-state index contributed by atoms with van der Waals surface area (Å²) in [5.41, 5.74) is 8.07. The summed E-state index contributed by atoms with van der Waals surface area (Å²) < 4.78 is 6.73. The molecule has 0 amide bonds. The topological polar surface area (TPSA) is 13.1 Å². The first kappa shape index (κ1) is 27.1. The van der Waals surface area contributed by atoms with E-state index in [0.29, 0.717) is 0 Å². The molecular weight excluding hydrogens is 593 g/mol. The zero-order chi connectivity index (χ0) is 32.6. The molecule has 49 heavy (non-hydrogen) atoms. The van der Waals surface area contributed by atoms with E-state index in [1.54, 1.807) is 0 Å². The second-order valence-electron chi connectivity index (χ2n) is 14.9. The van der Waals surface area contributed by atoms with E-state index in [0.717, 1.165) is 27.5 Å². The second-order valence-corrected chi connectivity index (χ2v) is 14.9. The van der Waals surface area contributed by atoms with Crippen molar-refractivity contribution in [2.45, 2.75) is 26.2 Å². The van der Waals surface area contributed by atoms with Crippen LogP contribution in [0.1, 0.15) is 26.3 Å². The summed E-state index contributed by atoms with van der Waals surface area (Å²) in [5.74, 6) is 0. The Labute approximate surface area is 283 Å². The highest BCUT2D eigenvalue weighted by atomic mass is 16.3. The number of hydrogen-bond donors (Lipinski definition) is 0. The fourth-order valence-corrected chi connectivity index (χ4v) is 8.60. The molecule has 230 valence electrons. The zero-order valence-electron chi connectivity index (χ0n) is 27.7. The van der Waals surface area contributed by atoms with Crippen molar-refractivity contribution in [3.05, 3.63) is 145 Å². The minimum atomic E-state index is 0.0905. The van der Waals surface area contributed by atoms with Gasteiger partial charge in [0, 0.05) is 16.3 Å². The molecule has 0 atom stereocenters. The van der Waals surface area contributed by atoms with Gasteiger partial charge >= 0.3 is 0 Å². The Morgan fingerprint density at radius 1 is 0.388 bits per heavy atom. The molecule has 11 rings (SSSR count). The predicted octanol–water partition coefficient (Wildman–Crippen LogP) is 14.0. The van der Waals surface area contributed by atoms with Crippen LogP contribution in [-0.2, 0) is 5.41 Å². The molecular formula is C48H32O. The number of furan rings is 1. The Morgan fingerprint density at radius 3 is 1.67 bits per heavy atom. The molecule has 0 unspecified atom stereocenters. The van der Waals surface area contributed by atoms with Gasteiger partial charge in [0.15, 0.2) is 0 Å². The molecule has 11 aromatic rings. The van der Waals surface area contributed by atoms with Crippen LogP contribution in [0.5, 0.6) is 0 Å². The first-order chi connectivity index (χ1) is 23.9. The lowest BCUT2D eigenvalue weighted by atomic mass is 9.82. The number of rotatable bonds is 2. The van der Waals surface area contributed by atoms with Crippen LogP contribution in [0.3, 0.4) is 0 Å². The average Bonchev–Trinajstić information content (AvgIpc) is 3.50. The minimum Gasteiger partial charge on any atom is -0.455 e. The lowest BCUT2D eigenvalue weighted by Gasteiger charge is -2.22. The van der Waals surface area contributed by atoms with Gasteiger partial charge in [0.1, 0.15) is 11.2 Å². The van der Waals surface area contributed by atoms with Crippen LogP contribution in [-0.4, -0.2) is 0 Å². The van der Waals surface area contributed by atoms with E-state index in [-0.39, 0.29) is 5.41 Å². The molecule has 1 heterocycles. The summed E-state index contributed by atoms with van der Waals surface area (Å²) in [6, 6.07) is 52.1. The van der Waals surface area contributed by atoms with Gasteiger partial charge in [-0.25, -0.2) is 0 Å². The van der Waals surface area contributed by atoms with Crippen molar-refractivity contribution < 1.29 is 4.42 Å². The zero-order valence-corrected chi connectivity index (χ0v) is 27.7. The molecule has 0 aliphatic rings. The molecule has 1 heteroatoms. The highest BCUT2D eigenvalue weighted by Crippen LogP contribution is 2.45. The Morgan fingerprint density at radius 2 is 0.959 bits per heavy atom. The van der Waals surface area contributed by atoms with Crippen molar-refractivity contribution in [3.63, 3.8) is 0 Å². The monoisotopic (exact) mass is 624 g/mol. The standard InChI is InChI=1S/C48H32O/c1-48(2,3)36-24-33-15-12-29-16-19-37(38-20-17-34(25-36)45(33)46(29)38)39-8-5-9-40-41-26-30(18-21-42(41)49-47(39)40)35-22-31-13-10-27-6-4-7-28-11-14-32(23-35)44(31)43(27)28/h4-26H,1-3H3. The van der Waals surface area contributed by atoms with Crippen molar-refractivity contribution in [1.29, 1.82) is 0 Å². The van der Waals surface area contributed by atoms with Gasteiger partial charge in [-0.3, -0.25) is 0 Å². The Bertz CT molecular complexity index is 3050. The highest BCUT2D eigenvalue weighted by Gasteiger charge is 2.20. The van der Waals surface area contributed by atoms with Crippen LogP contribution in [0.2, 0.25) is 0 Å². The molecule has 1 nitrogen and oxygen atoms in total. The van der Waals surface area contributed by atoms with Gasteiger partial charge in [0.2, 0.25) is 0 Å². The van der Waals surface area contributed by atoms with E-state index in [2.05, 4.69) is 160 Å². The van der Waals surface area contributed by atoms with Crippen molar-refractivity contribution >= 4 is 86.6 Å². The van der Waals surface area contributed by atoms with Crippen LogP contribution in [0.25, 0.3) is 109 Å². The molecule has 0 bridgehead atoms. The van der Waals surface area contributed by atoms with E-state index in [4.69, 9.17) is 4.42 Å². The Kier molecular flexibility index (Phi) is 5.17. The maximum Gasteiger partial charge on any atom is 0.143 e. The SMILES string of the molecule is CC(C)(C)c1cc2ccc3ccc(-c4cccc5c4oc4ccc(-c6cc7ccc8cccc9ccc(c6)c7c89)cc45)c4ccc(c1)c2c34. The molecule has 0 N–H and O–H groups in total. The summed E-state index contributed by atoms with van der Waals surface area (Å²) >= 11 is 0. The smallest absolute Gasteiger partial charge is 0.143 e. The third kappa shape index (κ3) is 3.76. The van der Waals surface area contributed by atoms with Gasteiger partial charge in [0.25, 0.3) is 0 Å². The van der Waals surface area contributed by atoms with Crippen molar-refractivity contribution in [2.24, 2.45) is 0 Å². The second kappa shape index (κ2) is 9.36. The van der Waals surface area contributed by atoms with Crippen LogP contribution in [0, 0.1) is 0 Å². The van der Waals surface area contributed by atoms with Gasteiger partial charge < -0.3 is 4.42 Å². The third-order valence-electron chi connectivity index (χ3n) is 11.0. The highest BCUT2D eigenvalue weighted by molar-refractivity contribution is 6.27. The number of hydrogen-bond acceptors (Lipinski definition) is 1. The van der Waals surface area contributed by atoms with E-state index >= 15 is 0 Å². The molecule has 0 fully saturated rings. The third-order valence-corrected chi connectivity index (χ3v) is 11.0. The van der Waals surface area contributed by atoms with Gasteiger partial charge in [-0.2, -0.15) is 0 Å². The molecule has 0 saturated carbocycles. The quantitative estimate of drug-likeness (QED) is 0.174. The number of para-hydroxylation sites is 1. The average molecular weight is 625 g/mol. The molecule has 10 aromatic carbocycles. The van der Waals surface area contributed by atoms with Gasteiger partial charge in [-0.1, -0.05) is 136 Å². The maximum atomic E-state index is 6.73. The van der Waals surface area contributed by atoms with Crippen molar-refractivity contribution in [3.8, 4) is 22.3 Å². The molecule has 0 aliphatic carbocycles. The van der Waals surface area contributed by atoms with Crippen LogP contribution >= 0.6 is 0 Å². The normalized spacial score (nSPS) is 12.8. The number of fused-ring (bicyclic) bond motifs is 3. The summed E-state index contributed by atoms with van der Waals surface area (Å²) in [6.07, 6.45) is 0. The van der Waals surface area contributed by atoms with Gasteiger partial charge in [-0.15, -0.1) is 0 Å². The molecule has 1 aromatic heterocycles. The first-order valence-corrected chi connectivity index (χ1v) is 17.2. The first-order valence-electron chi connectivity index (χ1n) is 17.2. The fourth-order valence-electron chi connectivity index (χ4n) is 8.60. The van der Waals surface area contributed by atoms with E-state index in [9.17, 15) is 0 Å². The number of benzene rings is 10. The van der Waals surface area contributed by atoms with Gasteiger partial charge in [0.05, 0.1) is 0 Å². The van der Waals surface area contributed by atoms with Crippen molar-refractivity contribution in [1.82, 2.24) is 0 Å². The largest absolute Gasteiger partial charge is 0.455 e. The van der Waals surface area contributed by atoms with Crippen LogP contribution in [0.4, 0.5) is 0 Å². The maximum absolute atomic E-state index is 6.73. The van der Waals surface area contributed by atoms with Crippen molar-refractivity contribution in [2.75, 3.05) is 0 Å². The molecule has 0 spiro atoms. The van der Waals surface area contributed by atoms with E-state index in [1.807, 2.05) is 0 Å². The molecule has 0 saturated heterocycles. The van der Waals surface area contributed by atoms with E-state index in [1.165, 1.54) is 86.9 Å².